The quantitative estimate of drug-likeness (QED) is 0.649. The Morgan fingerprint density at radius 1 is 0.912 bits per heavy atom. The van der Waals surface area contributed by atoms with Crippen molar-refractivity contribution >= 4 is 12.0 Å². The van der Waals surface area contributed by atoms with Gasteiger partial charge in [-0.15, -0.1) is 0 Å². The maximum Gasteiger partial charge on any atom is 0.407 e. The summed E-state index contributed by atoms with van der Waals surface area (Å²) in [5, 5.41) is 3.08. The topological polar surface area (TPSA) is 71.1 Å². The van der Waals surface area contributed by atoms with Gasteiger partial charge >= 0.3 is 6.09 Å². The molecule has 2 amide bonds. The van der Waals surface area contributed by atoms with Gasteiger partial charge in [-0.25, -0.2) is 4.79 Å². The highest BCUT2D eigenvalue weighted by molar-refractivity contribution is 5.79. The van der Waals surface area contributed by atoms with Crippen LogP contribution in [0.25, 0.3) is 0 Å². The Morgan fingerprint density at radius 3 is 2.18 bits per heavy atom. The molecular weight excluding hydrogens is 430 g/mol. The average Bonchev–Trinajstić information content (AvgIpc) is 2.89. The van der Waals surface area contributed by atoms with Crippen molar-refractivity contribution in [2.45, 2.75) is 31.9 Å². The zero-order chi connectivity index (χ0) is 23.6. The lowest BCUT2D eigenvalue weighted by atomic mass is 9.94. The van der Waals surface area contributed by atoms with E-state index in [1.165, 1.54) is 5.56 Å². The zero-order valence-electron chi connectivity index (χ0n) is 19.7. The Bertz CT molecular complexity index is 895. The molecule has 0 aromatic heterocycles. The highest BCUT2D eigenvalue weighted by Gasteiger charge is 2.30. The molecule has 0 aliphatic carbocycles. The molecule has 0 spiro atoms. The second-order valence-electron chi connectivity index (χ2n) is 9.11. The predicted molar refractivity (Wildman–Crippen MR) is 130 cm³/mol. The van der Waals surface area contributed by atoms with Gasteiger partial charge in [0.2, 0.25) is 5.91 Å². The number of benzene rings is 2. The van der Waals surface area contributed by atoms with E-state index in [2.05, 4.69) is 22.3 Å². The van der Waals surface area contributed by atoms with Crippen molar-refractivity contribution in [2.24, 2.45) is 5.92 Å². The minimum absolute atomic E-state index is 0.0721. The summed E-state index contributed by atoms with van der Waals surface area (Å²) < 4.78 is 10.8. The minimum atomic E-state index is -0.401. The summed E-state index contributed by atoms with van der Waals surface area (Å²) in [7, 11) is 0. The van der Waals surface area contributed by atoms with Crippen molar-refractivity contribution in [3.05, 3.63) is 71.8 Å². The van der Waals surface area contributed by atoms with Gasteiger partial charge < -0.3 is 24.6 Å². The van der Waals surface area contributed by atoms with Crippen LogP contribution in [0.1, 0.15) is 24.0 Å². The summed E-state index contributed by atoms with van der Waals surface area (Å²) in [4.78, 5) is 29.7. The first-order chi connectivity index (χ1) is 16.7. The molecule has 7 nitrogen and oxygen atoms in total. The van der Waals surface area contributed by atoms with E-state index in [1.807, 2.05) is 53.4 Å². The molecule has 34 heavy (non-hydrogen) atoms. The molecule has 2 aliphatic heterocycles. The Kier molecular flexibility index (Phi) is 8.93. The number of likely N-dealkylation sites (tertiary alicyclic amines) is 1. The lowest BCUT2D eigenvalue weighted by Gasteiger charge is -2.36. The lowest BCUT2D eigenvalue weighted by Crippen LogP contribution is -2.50. The molecule has 2 aliphatic rings. The first-order valence-electron chi connectivity index (χ1n) is 12.3. The number of amides is 2. The number of hydrogen-bond acceptors (Lipinski definition) is 5. The molecule has 2 heterocycles. The van der Waals surface area contributed by atoms with Crippen LogP contribution in [-0.2, 0) is 27.3 Å². The normalized spacial score (nSPS) is 18.3. The van der Waals surface area contributed by atoms with E-state index in [1.54, 1.807) is 0 Å². The molecule has 2 aromatic rings. The zero-order valence-corrected chi connectivity index (χ0v) is 19.7. The van der Waals surface area contributed by atoms with Crippen molar-refractivity contribution in [1.82, 2.24) is 15.1 Å². The Labute approximate surface area is 202 Å². The molecule has 0 unspecified atom stereocenters. The molecule has 2 saturated heterocycles. The molecule has 7 heteroatoms. The predicted octanol–water partition coefficient (Wildman–Crippen LogP) is 3.09. The van der Waals surface area contributed by atoms with E-state index in [0.717, 1.165) is 44.5 Å². The molecule has 4 rings (SSSR count). The molecule has 1 atom stereocenters. The highest BCUT2D eigenvalue weighted by Crippen LogP contribution is 2.21. The maximum absolute atomic E-state index is 12.8. The van der Waals surface area contributed by atoms with Crippen LogP contribution >= 0.6 is 0 Å². The van der Waals surface area contributed by atoms with Crippen molar-refractivity contribution in [1.29, 1.82) is 0 Å². The standard InChI is InChI=1S/C27H35N3O4/c31-26(30-15-17-33-18-16-30)24-11-13-29(14-12-24)20-25(19-22-7-3-1-4-8-22)28-27(32)34-21-23-9-5-2-6-10-23/h1-10,24-25H,11-21H2,(H,28,32)/t25-/m1/s1. The second kappa shape index (κ2) is 12.5. The molecule has 182 valence electrons. The summed E-state index contributed by atoms with van der Waals surface area (Å²) in [5.41, 5.74) is 2.14. The number of morpholine rings is 1. The van der Waals surface area contributed by atoms with Gasteiger partial charge in [-0.2, -0.15) is 0 Å². The first kappa shape index (κ1) is 24.2. The molecule has 1 N–H and O–H groups in total. The van der Waals surface area contributed by atoms with Crippen LogP contribution in [0.5, 0.6) is 0 Å². The van der Waals surface area contributed by atoms with Gasteiger partial charge in [-0.05, 0) is 43.5 Å². The lowest BCUT2D eigenvalue weighted by molar-refractivity contribution is -0.141. The van der Waals surface area contributed by atoms with Crippen LogP contribution in [-0.4, -0.2) is 73.8 Å². The summed E-state index contributed by atoms with van der Waals surface area (Å²) in [6, 6.07) is 19.8. The van der Waals surface area contributed by atoms with Gasteiger partial charge in [0.05, 0.1) is 13.2 Å². The molecule has 2 fully saturated rings. The summed E-state index contributed by atoms with van der Waals surface area (Å²) in [5.74, 6) is 0.358. The molecule has 0 bridgehead atoms. The number of piperidine rings is 1. The van der Waals surface area contributed by atoms with Crippen molar-refractivity contribution in [3.63, 3.8) is 0 Å². The van der Waals surface area contributed by atoms with Crippen LogP contribution in [0, 0.1) is 5.92 Å². The SMILES string of the molecule is O=C(N[C@H](Cc1ccccc1)CN1CCC(C(=O)N2CCOCC2)CC1)OCc1ccccc1. The number of nitrogens with one attached hydrogen (secondary N) is 1. The fourth-order valence-corrected chi connectivity index (χ4v) is 4.71. The van der Waals surface area contributed by atoms with Crippen LogP contribution < -0.4 is 5.32 Å². The third-order valence-corrected chi connectivity index (χ3v) is 6.60. The van der Waals surface area contributed by atoms with E-state index in [-0.39, 0.29) is 24.5 Å². The minimum Gasteiger partial charge on any atom is -0.445 e. The number of ether oxygens (including phenoxy) is 2. The van der Waals surface area contributed by atoms with Gasteiger partial charge in [0.1, 0.15) is 6.61 Å². The molecule has 2 aromatic carbocycles. The number of carbonyl (C=O) groups excluding carboxylic acids is 2. The van der Waals surface area contributed by atoms with E-state index in [9.17, 15) is 9.59 Å². The van der Waals surface area contributed by atoms with Gasteiger partial charge in [-0.3, -0.25) is 4.79 Å². The molecule has 0 saturated carbocycles. The highest BCUT2D eigenvalue weighted by atomic mass is 16.5. The smallest absolute Gasteiger partial charge is 0.407 e. The fraction of sp³-hybridized carbons (Fsp3) is 0.481. The Balaban J connectivity index is 1.29. The number of nitrogens with zero attached hydrogens (tertiary/aromatic N) is 2. The van der Waals surface area contributed by atoms with Crippen molar-refractivity contribution in [2.75, 3.05) is 45.9 Å². The third-order valence-electron chi connectivity index (χ3n) is 6.60. The van der Waals surface area contributed by atoms with Crippen molar-refractivity contribution in [3.8, 4) is 0 Å². The molecular formula is C27H35N3O4. The van der Waals surface area contributed by atoms with Crippen molar-refractivity contribution < 1.29 is 19.1 Å². The summed E-state index contributed by atoms with van der Waals surface area (Å²) in [6.45, 7) is 5.36. The summed E-state index contributed by atoms with van der Waals surface area (Å²) in [6.07, 6.45) is 2.04. The van der Waals surface area contributed by atoms with Gasteiger partial charge in [-0.1, -0.05) is 60.7 Å². The van der Waals surface area contributed by atoms with E-state index < -0.39 is 6.09 Å². The average molecular weight is 466 g/mol. The third kappa shape index (κ3) is 7.30. The van der Waals surface area contributed by atoms with Crippen LogP contribution in [0.4, 0.5) is 4.79 Å². The van der Waals surface area contributed by atoms with Gasteiger partial charge in [0, 0.05) is 31.6 Å². The fourth-order valence-electron chi connectivity index (χ4n) is 4.71. The van der Waals surface area contributed by atoms with E-state index in [0.29, 0.717) is 26.3 Å². The number of carbonyl (C=O) groups is 2. The largest absolute Gasteiger partial charge is 0.445 e. The Morgan fingerprint density at radius 2 is 1.53 bits per heavy atom. The van der Waals surface area contributed by atoms with Crippen LogP contribution in [0.3, 0.4) is 0 Å². The van der Waals surface area contributed by atoms with Crippen LogP contribution in [0.2, 0.25) is 0 Å². The van der Waals surface area contributed by atoms with E-state index >= 15 is 0 Å². The van der Waals surface area contributed by atoms with Gasteiger partial charge in [0.25, 0.3) is 0 Å². The maximum atomic E-state index is 12.8. The van der Waals surface area contributed by atoms with Gasteiger partial charge in [0.15, 0.2) is 0 Å². The second-order valence-corrected chi connectivity index (χ2v) is 9.11. The van der Waals surface area contributed by atoms with Crippen LogP contribution in [0.15, 0.2) is 60.7 Å². The monoisotopic (exact) mass is 465 g/mol. The Hall–Kier alpha value is -2.90. The first-order valence-corrected chi connectivity index (χ1v) is 12.3. The summed E-state index contributed by atoms with van der Waals surface area (Å²) >= 11 is 0. The number of rotatable bonds is 8. The number of alkyl carbamates (subject to hydrolysis) is 1. The van der Waals surface area contributed by atoms with E-state index in [4.69, 9.17) is 9.47 Å². The number of hydrogen-bond donors (Lipinski definition) is 1. The molecule has 0 radical (unpaired) electrons.